The summed E-state index contributed by atoms with van der Waals surface area (Å²) in [6.45, 7) is 4.46. The summed E-state index contributed by atoms with van der Waals surface area (Å²) < 4.78 is 1.09. The molecule has 1 amide bonds. The number of β-amino-alcohol motifs (C(OH)–C–C–N with tert-alkyl or cyclic N) is 1. The molecule has 94 valence electrons. The number of aryl methyl sites for hydroxylation is 2. The van der Waals surface area contributed by atoms with Crippen LogP contribution in [0.4, 0.5) is 5.13 Å². The minimum atomic E-state index is -0.563. The highest BCUT2D eigenvalue weighted by Crippen LogP contribution is 2.33. The van der Waals surface area contributed by atoms with Crippen molar-refractivity contribution in [1.82, 2.24) is 4.98 Å². The normalized spacial score (nSPS) is 20.1. The van der Waals surface area contributed by atoms with Gasteiger partial charge in [-0.05, 0) is 31.0 Å². The minimum Gasteiger partial charge on any atom is -0.391 e. The van der Waals surface area contributed by atoms with Crippen molar-refractivity contribution in [3.05, 3.63) is 23.3 Å². The van der Waals surface area contributed by atoms with Gasteiger partial charge in [-0.1, -0.05) is 17.4 Å². The molecule has 0 radical (unpaired) electrons. The second-order valence-corrected chi connectivity index (χ2v) is 5.72. The summed E-state index contributed by atoms with van der Waals surface area (Å²) in [6.07, 6.45) is -0.360. The number of aliphatic hydroxyl groups is 1. The number of nitrogens with zero attached hydrogens (tertiary/aromatic N) is 2. The van der Waals surface area contributed by atoms with Crippen molar-refractivity contribution in [2.24, 2.45) is 0 Å². The summed E-state index contributed by atoms with van der Waals surface area (Å²) in [5, 5.41) is 10.2. The van der Waals surface area contributed by atoms with Gasteiger partial charge in [0.15, 0.2) is 5.13 Å². The van der Waals surface area contributed by atoms with E-state index in [1.807, 2.05) is 13.0 Å². The molecule has 2 aromatic rings. The molecule has 1 aromatic carbocycles. The van der Waals surface area contributed by atoms with E-state index in [4.69, 9.17) is 0 Å². The highest BCUT2D eigenvalue weighted by atomic mass is 32.1. The van der Waals surface area contributed by atoms with Crippen LogP contribution in [0, 0.1) is 13.8 Å². The Balaban J connectivity index is 2.09. The van der Waals surface area contributed by atoms with E-state index in [0.717, 1.165) is 15.8 Å². The van der Waals surface area contributed by atoms with Gasteiger partial charge >= 0.3 is 0 Å². The summed E-state index contributed by atoms with van der Waals surface area (Å²) in [5.41, 5.74) is 3.32. The van der Waals surface area contributed by atoms with Crippen LogP contribution in [-0.2, 0) is 4.79 Å². The number of hydrogen-bond donors (Lipinski definition) is 1. The molecular weight excluding hydrogens is 248 g/mol. The Morgan fingerprint density at radius 1 is 1.44 bits per heavy atom. The third kappa shape index (κ3) is 1.71. The zero-order valence-corrected chi connectivity index (χ0v) is 11.1. The number of amides is 1. The molecular formula is C13H14N2O2S. The highest BCUT2D eigenvalue weighted by Gasteiger charge is 2.31. The molecule has 1 aromatic heterocycles. The maximum absolute atomic E-state index is 11.7. The maximum atomic E-state index is 11.7. The molecule has 0 bridgehead atoms. The van der Waals surface area contributed by atoms with E-state index in [9.17, 15) is 9.90 Å². The zero-order valence-electron chi connectivity index (χ0n) is 10.3. The first-order chi connectivity index (χ1) is 8.56. The molecule has 1 N–H and O–H groups in total. The van der Waals surface area contributed by atoms with Crippen LogP contribution >= 0.6 is 11.3 Å². The van der Waals surface area contributed by atoms with E-state index >= 15 is 0 Å². The standard InChI is InChI=1S/C13H14N2O2S/c1-7-3-4-10-12(8(7)2)14-13(18-10)15-6-9(16)5-11(15)17/h3-4,9,16H,5-6H2,1-2H3. The number of rotatable bonds is 1. The molecule has 1 unspecified atom stereocenters. The first kappa shape index (κ1) is 11.6. The van der Waals surface area contributed by atoms with Crippen LogP contribution in [0.3, 0.4) is 0 Å². The van der Waals surface area contributed by atoms with E-state index in [0.29, 0.717) is 11.7 Å². The number of aliphatic hydroxyl groups excluding tert-OH is 1. The van der Waals surface area contributed by atoms with Crippen LogP contribution in [0.15, 0.2) is 12.1 Å². The van der Waals surface area contributed by atoms with E-state index in [1.165, 1.54) is 16.9 Å². The molecule has 4 nitrogen and oxygen atoms in total. The first-order valence-corrected chi connectivity index (χ1v) is 6.73. The fourth-order valence-corrected chi connectivity index (χ4v) is 3.26. The number of benzene rings is 1. The van der Waals surface area contributed by atoms with Crippen LogP contribution < -0.4 is 4.90 Å². The van der Waals surface area contributed by atoms with Crippen molar-refractivity contribution in [2.75, 3.05) is 11.4 Å². The number of anilines is 1. The molecule has 1 fully saturated rings. The summed E-state index contributed by atoms with van der Waals surface area (Å²) in [6, 6.07) is 4.11. The Bertz CT molecular complexity index is 635. The Morgan fingerprint density at radius 3 is 2.89 bits per heavy atom. The molecule has 18 heavy (non-hydrogen) atoms. The van der Waals surface area contributed by atoms with E-state index in [-0.39, 0.29) is 12.3 Å². The fraction of sp³-hybridized carbons (Fsp3) is 0.385. The Kier molecular flexibility index (Phi) is 2.60. The lowest BCUT2D eigenvalue weighted by molar-refractivity contribution is -0.117. The molecule has 0 saturated carbocycles. The smallest absolute Gasteiger partial charge is 0.231 e. The van der Waals surface area contributed by atoms with E-state index < -0.39 is 6.10 Å². The van der Waals surface area contributed by atoms with Gasteiger partial charge in [-0.2, -0.15) is 0 Å². The first-order valence-electron chi connectivity index (χ1n) is 5.91. The van der Waals surface area contributed by atoms with E-state index in [2.05, 4.69) is 18.0 Å². The Morgan fingerprint density at radius 2 is 2.22 bits per heavy atom. The fourth-order valence-electron chi connectivity index (χ4n) is 2.20. The molecule has 1 aliphatic rings. The molecule has 1 atom stereocenters. The monoisotopic (exact) mass is 262 g/mol. The molecule has 1 aliphatic heterocycles. The van der Waals surface area contributed by atoms with Crippen LogP contribution in [0.5, 0.6) is 0 Å². The maximum Gasteiger partial charge on any atom is 0.231 e. The van der Waals surface area contributed by atoms with Gasteiger partial charge in [-0.15, -0.1) is 0 Å². The van der Waals surface area contributed by atoms with Crippen molar-refractivity contribution in [2.45, 2.75) is 26.4 Å². The molecule has 0 aliphatic carbocycles. The molecule has 2 heterocycles. The van der Waals surface area contributed by atoms with Crippen molar-refractivity contribution in [3.63, 3.8) is 0 Å². The van der Waals surface area contributed by atoms with Crippen LogP contribution in [0.25, 0.3) is 10.2 Å². The topological polar surface area (TPSA) is 53.4 Å². The number of thiazole rings is 1. The predicted octanol–water partition coefficient (Wildman–Crippen LogP) is 2.01. The third-order valence-electron chi connectivity index (χ3n) is 3.41. The number of carbonyl (C=O) groups is 1. The highest BCUT2D eigenvalue weighted by molar-refractivity contribution is 7.22. The summed E-state index contributed by atoms with van der Waals surface area (Å²) in [5.74, 6) is -0.0454. The number of aromatic nitrogens is 1. The summed E-state index contributed by atoms with van der Waals surface area (Å²) in [4.78, 5) is 17.9. The summed E-state index contributed by atoms with van der Waals surface area (Å²) in [7, 11) is 0. The van der Waals surface area contributed by atoms with Crippen LogP contribution in [0.1, 0.15) is 17.5 Å². The molecule has 3 rings (SSSR count). The van der Waals surface area contributed by atoms with Crippen molar-refractivity contribution >= 4 is 32.6 Å². The van der Waals surface area contributed by atoms with Crippen LogP contribution in [-0.4, -0.2) is 28.6 Å². The van der Waals surface area contributed by atoms with Gasteiger partial charge in [-0.3, -0.25) is 9.69 Å². The van der Waals surface area contributed by atoms with Gasteiger partial charge in [0.2, 0.25) is 5.91 Å². The number of fused-ring (bicyclic) bond motifs is 1. The third-order valence-corrected chi connectivity index (χ3v) is 4.45. The van der Waals surface area contributed by atoms with Crippen LogP contribution in [0.2, 0.25) is 0 Å². The largest absolute Gasteiger partial charge is 0.391 e. The van der Waals surface area contributed by atoms with Gasteiger partial charge in [0, 0.05) is 0 Å². The Labute approximate surface area is 109 Å². The lowest BCUT2D eigenvalue weighted by Gasteiger charge is -2.10. The zero-order chi connectivity index (χ0) is 12.9. The quantitative estimate of drug-likeness (QED) is 0.855. The van der Waals surface area contributed by atoms with Crippen molar-refractivity contribution < 1.29 is 9.90 Å². The molecule has 0 spiro atoms. The number of carbonyl (C=O) groups excluding carboxylic acids is 1. The second-order valence-electron chi connectivity index (χ2n) is 4.71. The van der Waals surface area contributed by atoms with Gasteiger partial charge in [0.25, 0.3) is 0 Å². The molecule has 5 heteroatoms. The summed E-state index contributed by atoms with van der Waals surface area (Å²) >= 11 is 1.51. The van der Waals surface area contributed by atoms with Crippen molar-refractivity contribution in [1.29, 1.82) is 0 Å². The Hall–Kier alpha value is -1.46. The predicted molar refractivity (Wildman–Crippen MR) is 72.1 cm³/mol. The van der Waals surface area contributed by atoms with Crippen molar-refractivity contribution in [3.8, 4) is 0 Å². The van der Waals surface area contributed by atoms with Gasteiger partial charge in [-0.25, -0.2) is 4.98 Å². The molecule has 1 saturated heterocycles. The van der Waals surface area contributed by atoms with Gasteiger partial charge in [0.05, 0.1) is 29.3 Å². The van der Waals surface area contributed by atoms with E-state index in [1.54, 1.807) is 4.90 Å². The lowest BCUT2D eigenvalue weighted by atomic mass is 10.1. The minimum absolute atomic E-state index is 0.0454. The second kappa shape index (κ2) is 4.03. The lowest BCUT2D eigenvalue weighted by Crippen LogP contribution is -2.24. The SMILES string of the molecule is Cc1ccc2sc(N3CC(O)CC3=O)nc2c1C. The average molecular weight is 262 g/mol. The van der Waals surface area contributed by atoms with Gasteiger partial charge < -0.3 is 5.11 Å². The van der Waals surface area contributed by atoms with Gasteiger partial charge in [0.1, 0.15) is 0 Å². The number of hydrogen-bond acceptors (Lipinski definition) is 4. The average Bonchev–Trinajstić information content (AvgIpc) is 2.87.